The van der Waals surface area contributed by atoms with Gasteiger partial charge in [-0.05, 0) is 13.3 Å². The molecule has 0 unspecified atom stereocenters. The number of sulfonamides is 1. The monoisotopic (exact) mass is 274 g/mol. The zero-order chi connectivity index (χ0) is 13.6. The number of anilines is 2. The van der Waals surface area contributed by atoms with Crippen molar-refractivity contribution in [3.8, 4) is 0 Å². The van der Waals surface area contributed by atoms with Crippen molar-refractivity contribution in [1.82, 2.24) is 14.7 Å². The van der Waals surface area contributed by atoms with Gasteiger partial charge in [-0.3, -0.25) is 5.43 Å². The zero-order valence-electron chi connectivity index (χ0n) is 10.4. The van der Waals surface area contributed by atoms with E-state index in [1.807, 2.05) is 6.92 Å². The molecule has 0 bridgehead atoms. The van der Waals surface area contributed by atoms with Gasteiger partial charge in [0, 0.05) is 24.8 Å². The molecule has 5 N–H and O–H groups in total. The third kappa shape index (κ3) is 5.25. The van der Waals surface area contributed by atoms with Crippen molar-refractivity contribution in [2.45, 2.75) is 13.3 Å². The Kier molecular flexibility index (Phi) is 5.25. The first kappa shape index (κ1) is 14.6. The molecular formula is C9H18N6O2S. The van der Waals surface area contributed by atoms with Gasteiger partial charge in [0.15, 0.2) is 0 Å². The number of hydrazine groups is 1. The summed E-state index contributed by atoms with van der Waals surface area (Å²) in [4.78, 5) is 8.10. The van der Waals surface area contributed by atoms with Crippen LogP contribution in [0.15, 0.2) is 6.20 Å². The molecule has 0 fully saturated rings. The van der Waals surface area contributed by atoms with Crippen molar-refractivity contribution >= 4 is 21.8 Å². The minimum atomic E-state index is -3.12. The Morgan fingerprint density at radius 2 is 2.11 bits per heavy atom. The van der Waals surface area contributed by atoms with Crippen LogP contribution in [0.25, 0.3) is 0 Å². The van der Waals surface area contributed by atoms with Gasteiger partial charge in [0.05, 0.1) is 6.26 Å². The van der Waals surface area contributed by atoms with Crippen molar-refractivity contribution in [3.63, 3.8) is 0 Å². The Balaban J connectivity index is 2.39. The lowest BCUT2D eigenvalue weighted by Crippen LogP contribution is -2.24. The van der Waals surface area contributed by atoms with E-state index < -0.39 is 10.0 Å². The van der Waals surface area contributed by atoms with E-state index in [-0.39, 0.29) is 0 Å². The van der Waals surface area contributed by atoms with Crippen LogP contribution in [-0.2, 0) is 10.0 Å². The summed E-state index contributed by atoms with van der Waals surface area (Å²) in [7, 11) is -3.12. The third-order valence-electron chi connectivity index (χ3n) is 2.11. The van der Waals surface area contributed by atoms with Gasteiger partial charge in [0.1, 0.15) is 5.82 Å². The van der Waals surface area contributed by atoms with E-state index in [4.69, 9.17) is 5.84 Å². The molecule has 0 saturated heterocycles. The summed E-state index contributed by atoms with van der Waals surface area (Å²) in [6, 6.07) is 0. The molecule has 18 heavy (non-hydrogen) atoms. The van der Waals surface area contributed by atoms with Crippen molar-refractivity contribution in [2.75, 3.05) is 30.1 Å². The third-order valence-corrected chi connectivity index (χ3v) is 2.84. The molecule has 0 aliphatic heterocycles. The maximum Gasteiger partial charge on any atom is 0.239 e. The predicted molar refractivity (Wildman–Crippen MR) is 70.5 cm³/mol. The van der Waals surface area contributed by atoms with Crippen LogP contribution in [0.1, 0.15) is 12.0 Å². The summed E-state index contributed by atoms with van der Waals surface area (Å²) in [5.74, 6) is 6.22. The fraction of sp³-hybridized carbons (Fsp3) is 0.556. The summed E-state index contributed by atoms with van der Waals surface area (Å²) < 4.78 is 24.1. The summed E-state index contributed by atoms with van der Waals surface area (Å²) in [5.41, 5.74) is 3.26. The molecular weight excluding hydrogens is 256 g/mol. The molecule has 1 aromatic heterocycles. The van der Waals surface area contributed by atoms with Crippen LogP contribution in [0.4, 0.5) is 11.8 Å². The van der Waals surface area contributed by atoms with Crippen molar-refractivity contribution < 1.29 is 8.42 Å². The summed E-state index contributed by atoms with van der Waals surface area (Å²) in [5, 5.41) is 3.09. The quantitative estimate of drug-likeness (QED) is 0.298. The number of aromatic nitrogens is 2. The number of rotatable bonds is 7. The fourth-order valence-electron chi connectivity index (χ4n) is 1.24. The number of nitrogens with two attached hydrogens (primary N) is 1. The largest absolute Gasteiger partial charge is 0.370 e. The van der Waals surface area contributed by atoms with Crippen LogP contribution in [0, 0.1) is 6.92 Å². The van der Waals surface area contributed by atoms with Gasteiger partial charge in [-0.2, -0.15) is 4.98 Å². The van der Waals surface area contributed by atoms with Gasteiger partial charge < -0.3 is 5.32 Å². The lowest BCUT2D eigenvalue weighted by atomic mass is 10.3. The molecule has 0 spiro atoms. The van der Waals surface area contributed by atoms with Crippen LogP contribution in [0.3, 0.4) is 0 Å². The Morgan fingerprint density at radius 1 is 1.39 bits per heavy atom. The molecule has 0 aliphatic carbocycles. The molecule has 0 amide bonds. The first-order valence-electron chi connectivity index (χ1n) is 5.41. The first-order chi connectivity index (χ1) is 8.42. The van der Waals surface area contributed by atoms with Crippen LogP contribution < -0.4 is 21.3 Å². The Labute approximate surface area is 106 Å². The van der Waals surface area contributed by atoms with Crippen LogP contribution >= 0.6 is 0 Å². The van der Waals surface area contributed by atoms with E-state index in [9.17, 15) is 8.42 Å². The number of nitrogen functional groups attached to an aromatic ring is 1. The highest BCUT2D eigenvalue weighted by Gasteiger charge is 2.03. The van der Waals surface area contributed by atoms with Gasteiger partial charge in [0.2, 0.25) is 16.0 Å². The molecule has 102 valence electrons. The van der Waals surface area contributed by atoms with E-state index in [2.05, 4.69) is 25.4 Å². The van der Waals surface area contributed by atoms with Gasteiger partial charge >= 0.3 is 0 Å². The van der Waals surface area contributed by atoms with E-state index in [1.54, 1.807) is 6.20 Å². The number of hydrogen-bond acceptors (Lipinski definition) is 7. The Bertz CT molecular complexity index is 490. The smallest absolute Gasteiger partial charge is 0.239 e. The minimum Gasteiger partial charge on any atom is -0.370 e. The number of aryl methyl sites for hydroxylation is 1. The highest BCUT2D eigenvalue weighted by atomic mass is 32.2. The lowest BCUT2D eigenvalue weighted by molar-refractivity contribution is 0.586. The highest BCUT2D eigenvalue weighted by molar-refractivity contribution is 7.88. The average Bonchev–Trinajstić information content (AvgIpc) is 2.29. The molecule has 0 aromatic carbocycles. The predicted octanol–water partition coefficient (Wildman–Crippen LogP) is -0.578. The van der Waals surface area contributed by atoms with E-state index in [0.717, 1.165) is 11.8 Å². The normalized spacial score (nSPS) is 11.3. The lowest BCUT2D eigenvalue weighted by Gasteiger charge is -2.09. The molecule has 1 aromatic rings. The molecule has 0 atom stereocenters. The highest BCUT2D eigenvalue weighted by Crippen LogP contribution is 2.11. The van der Waals surface area contributed by atoms with E-state index in [1.165, 1.54) is 0 Å². The van der Waals surface area contributed by atoms with Crippen molar-refractivity contribution in [3.05, 3.63) is 11.8 Å². The van der Waals surface area contributed by atoms with Gasteiger partial charge in [-0.1, -0.05) is 0 Å². The van der Waals surface area contributed by atoms with E-state index >= 15 is 0 Å². The van der Waals surface area contributed by atoms with Crippen molar-refractivity contribution in [1.29, 1.82) is 0 Å². The molecule has 0 radical (unpaired) electrons. The number of nitrogens with one attached hydrogen (secondary N) is 3. The maximum absolute atomic E-state index is 10.8. The fourth-order valence-corrected chi connectivity index (χ4v) is 1.76. The van der Waals surface area contributed by atoms with E-state index in [0.29, 0.717) is 31.3 Å². The topological polar surface area (TPSA) is 122 Å². The number of hydrogen-bond donors (Lipinski definition) is 4. The SMILES string of the molecule is Cc1cnc(NN)nc1NCCCNS(C)(=O)=O. The molecule has 8 nitrogen and oxygen atoms in total. The standard InChI is InChI=1S/C9H18N6O2S/c1-7-6-12-9(15-10)14-8(7)11-4-3-5-13-18(2,16)17/h6,13H,3-5,10H2,1-2H3,(H2,11,12,14,15). The van der Waals surface area contributed by atoms with Crippen LogP contribution in [-0.4, -0.2) is 37.7 Å². The number of nitrogens with zero attached hydrogens (tertiary/aromatic N) is 2. The second-order valence-electron chi connectivity index (χ2n) is 3.82. The van der Waals surface area contributed by atoms with Gasteiger partial charge in [-0.15, -0.1) is 0 Å². The molecule has 1 rings (SSSR count). The molecule has 1 heterocycles. The van der Waals surface area contributed by atoms with Crippen molar-refractivity contribution in [2.24, 2.45) is 5.84 Å². The maximum atomic E-state index is 10.8. The zero-order valence-corrected chi connectivity index (χ0v) is 11.2. The van der Waals surface area contributed by atoms with Gasteiger partial charge in [0.25, 0.3) is 0 Å². The molecule has 9 heteroatoms. The van der Waals surface area contributed by atoms with Gasteiger partial charge in [-0.25, -0.2) is 24.0 Å². The summed E-state index contributed by atoms with van der Waals surface area (Å²) >= 11 is 0. The molecule has 0 aliphatic rings. The van der Waals surface area contributed by atoms with Crippen LogP contribution in [0.2, 0.25) is 0 Å². The molecule has 0 saturated carbocycles. The summed E-state index contributed by atoms with van der Waals surface area (Å²) in [6.45, 7) is 2.86. The Morgan fingerprint density at radius 3 is 2.72 bits per heavy atom. The minimum absolute atomic E-state index is 0.331. The second-order valence-corrected chi connectivity index (χ2v) is 5.65. The Hall–Kier alpha value is -1.45. The van der Waals surface area contributed by atoms with Crippen LogP contribution in [0.5, 0.6) is 0 Å². The average molecular weight is 274 g/mol. The first-order valence-corrected chi connectivity index (χ1v) is 7.30. The summed E-state index contributed by atoms with van der Waals surface area (Å²) in [6.07, 6.45) is 3.44. The second kappa shape index (κ2) is 6.47.